The predicted molar refractivity (Wildman–Crippen MR) is 81.4 cm³/mol. The third kappa shape index (κ3) is 2.85. The maximum absolute atomic E-state index is 13.0. The van der Waals surface area contributed by atoms with Crippen LogP contribution < -0.4 is 4.74 Å². The maximum atomic E-state index is 13.0. The van der Waals surface area contributed by atoms with Gasteiger partial charge in [0, 0.05) is 0 Å². The molecule has 3 nitrogen and oxygen atoms in total. The molecule has 0 N–H and O–H groups in total. The van der Waals surface area contributed by atoms with E-state index in [1.807, 2.05) is 31.2 Å². The van der Waals surface area contributed by atoms with Crippen LogP contribution in [0.3, 0.4) is 0 Å². The highest BCUT2D eigenvalue weighted by Crippen LogP contribution is 2.25. The first-order chi connectivity index (χ1) is 10.1. The lowest BCUT2D eigenvalue weighted by molar-refractivity contribution is 0.298. The predicted octanol–water partition coefficient (Wildman–Crippen LogP) is 4.22. The summed E-state index contributed by atoms with van der Waals surface area (Å²) in [6, 6.07) is 12.1. The summed E-state index contributed by atoms with van der Waals surface area (Å²) in [6.45, 7) is 3.05. The molecular formula is C16H14ClFN2O. The summed E-state index contributed by atoms with van der Waals surface area (Å²) in [5.41, 5.74) is 2.04. The molecule has 21 heavy (non-hydrogen) atoms. The van der Waals surface area contributed by atoms with Crippen LogP contribution in [-0.2, 0) is 6.54 Å². The van der Waals surface area contributed by atoms with Crippen molar-refractivity contribution in [3.63, 3.8) is 0 Å². The van der Waals surface area contributed by atoms with Crippen molar-refractivity contribution < 1.29 is 9.13 Å². The number of aryl methyl sites for hydroxylation is 1. The van der Waals surface area contributed by atoms with E-state index in [4.69, 9.17) is 16.3 Å². The molecule has 0 spiro atoms. The molecule has 1 aromatic heterocycles. The minimum Gasteiger partial charge on any atom is -0.490 e. The number of nitrogens with zero attached hydrogens (tertiary/aromatic N) is 2. The molecule has 1 heterocycles. The average Bonchev–Trinajstić information content (AvgIpc) is 2.77. The average molecular weight is 305 g/mol. The zero-order valence-electron chi connectivity index (χ0n) is 11.5. The SMILES string of the molecule is Cc1nc2ccccc2n1CCOc1ccc(F)cc1Cl. The Morgan fingerprint density at radius 1 is 1.24 bits per heavy atom. The first kappa shape index (κ1) is 13.9. The fourth-order valence-corrected chi connectivity index (χ4v) is 2.54. The molecule has 0 aliphatic rings. The van der Waals surface area contributed by atoms with Crippen LogP contribution in [0.25, 0.3) is 11.0 Å². The Kier molecular flexibility index (Phi) is 3.80. The standard InChI is InChI=1S/C16H14ClFN2O/c1-11-19-14-4-2-3-5-15(14)20(11)8-9-21-16-7-6-12(18)10-13(16)17/h2-7,10H,8-9H2,1H3. The van der Waals surface area contributed by atoms with Crippen LogP contribution in [0.1, 0.15) is 5.82 Å². The molecule has 0 saturated carbocycles. The zero-order valence-corrected chi connectivity index (χ0v) is 12.3. The molecule has 3 aromatic rings. The van der Waals surface area contributed by atoms with Gasteiger partial charge in [0.25, 0.3) is 0 Å². The van der Waals surface area contributed by atoms with Crippen molar-refractivity contribution in [1.29, 1.82) is 0 Å². The van der Waals surface area contributed by atoms with Gasteiger partial charge < -0.3 is 9.30 Å². The van der Waals surface area contributed by atoms with E-state index in [0.29, 0.717) is 18.9 Å². The van der Waals surface area contributed by atoms with E-state index in [1.165, 1.54) is 18.2 Å². The monoisotopic (exact) mass is 304 g/mol. The summed E-state index contributed by atoms with van der Waals surface area (Å²) >= 11 is 5.93. The first-order valence-electron chi connectivity index (χ1n) is 6.65. The molecule has 0 atom stereocenters. The van der Waals surface area contributed by atoms with Crippen LogP contribution >= 0.6 is 11.6 Å². The second-order valence-electron chi connectivity index (χ2n) is 4.72. The highest BCUT2D eigenvalue weighted by Gasteiger charge is 2.07. The first-order valence-corrected chi connectivity index (χ1v) is 7.02. The number of ether oxygens (including phenoxy) is 1. The molecule has 0 aliphatic heterocycles. The van der Waals surface area contributed by atoms with E-state index >= 15 is 0 Å². The number of rotatable bonds is 4. The van der Waals surface area contributed by atoms with E-state index in [0.717, 1.165) is 16.9 Å². The number of hydrogen-bond acceptors (Lipinski definition) is 2. The summed E-state index contributed by atoms with van der Waals surface area (Å²) in [5.74, 6) is 1.05. The van der Waals surface area contributed by atoms with Crippen LogP contribution in [-0.4, -0.2) is 16.2 Å². The zero-order chi connectivity index (χ0) is 14.8. The lowest BCUT2D eigenvalue weighted by Gasteiger charge is -2.10. The van der Waals surface area contributed by atoms with Gasteiger partial charge in [0.2, 0.25) is 0 Å². The molecule has 108 valence electrons. The molecule has 0 bridgehead atoms. The molecule has 3 rings (SSSR count). The lowest BCUT2D eigenvalue weighted by Crippen LogP contribution is -2.09. The van der Waals surface area contributed by atoms with Gasteiger partial charge in [0.1, 0.15) is 24.0 Å². The molecule has 0 amide bonds. The molecule has 2 aromatic carbocycles. The van der Waals surface area contributed by atoms with Crippen molar-refractivity contribution in [2.24, 2.45) is 0 Å². The Labute approximate surface area is 126 Å². The van der Waals surface area contributed by atoms with E-state index in [2.05, 4.69) is 9.55 Å². The third-order valence-electron chi connectivity index (χ3n) is 3.31. The number of hydrogen-bond donors (Lipinski definition) is 0. The van der Waals surface area contributed by atoms with Gasteiger partial charge in [-0.3, -0.25) is 0 Å². The number of fused-ring (bicyclic) bond motifs is 1. The van der Waals surface area contributed by atoms with E-state index < -0.39 is 0 Å². The van der Waals surface area contributed by atoms with Gasteiger partial charge in [0.05, 0.1) is 22.6 Å². The molecule has 0 unspecified atom stereocenters. The topological polar surface area (TPSA) is 27.1 Å². The van der Waals surface area contributed by atoms with Gasteiger partial charge >= 0.3 is 0 Å². The molecule has 5 heteroatoms. The van der Waals surface area contributed by atoms with Crippen molar-refractivity contribution in [3.05, 3.63) is 59.1 Å². The molecule has 0 aliphatic carbocycles. The summed E-state index contributed by atoms with van der Waals surface area (Å²) < 4.78 is 20.7. The molecule has 0 radical (unpaired) electrons. The second kappa shape index (κ2) is 5.74. The summed E-state index contributed by atoms with van der Waals surface area (Å²) in [5, 5.41) is 0.280. The van der Waals surface area contributed by atoms with Gasteiger partial charge in [-0.15, -0.1) is 0 Å². The van der Waals surface area contributed by atoms with Gasteiger partial charge in [0.15, 0.2) is 0 Å². The van der Waals surface area contributed by atoms with Gasteiger partial charge in [-0.05, 0) is 37.3 Å². The number of imidazole rings is 1. The number of halogens is 2. The maximum Gasteiger partial charge on any atom is 0.138 e. The van der Waals surface area contributed by atoms with Crippen molar-refractivity contribution in [3.8, 4) is 5.75 Å². The van der Waals surface area contributed by atoms with Gasteiger partial charge in [-0.2, -0.15) is 0 Å². The van der Waals surface area contributed by atoms with E-state index in [9.17, 15) is 4.39 Å². The smallest absolute Gasteiger partial charge is 0.138 e. The van der Waals surface area contributed by atoms with E-state index in [1.54, 1.807) is 0 Å². The Bertz CT molecular complexity index is 785. The highest BCUT2D eigenvalue weighted by atomic mass is 35.5. The fraction of sp³-hybridized carbons (Fsp3) is 0.188. The van der Waals surface area contributed by atoms with Crippen molar-refractivity contribution in [2.75, 3.05) is 6.61 Å². The summed E-state index contributed by atoms with van der Waals surface area (Å²) in [6.07, 6.45) is 0. The Hall–Kier alpha value is -2.07. The molecule has 0 fully saturated rings. The van der Waals surface area contributed by atoms with Gasteiger partial charge in [-0.1, -0.05) is 23.7 Å². The Balaban J connectivity index is 1.73. The fourth-order valence-electron chi connectivity index (χ4n) is 2.32. The molecule has 0 saturated heterocycles. The second-order valence-corrected chi connectivity index (χ2v) is 5.13. The Morgan fingerprint density at radius 2 is 2.05 bits per heavy atom. The van der Waals surface area contributed by atoms with Gasteiger partial charge in [-0.25, -0.2) is 9.37 Å². The minimum absolute atomic E-state index is 0.280. The number of para-hydroxylation sites is 2. The molecular weight excluding hydrogens is 291 g/mol. The minimum atomic E-state index is -0.371. The number of aromatic nitrogens is 2. The Morgan fingerprint density at radius 3 is 2.86 bits per heavy atom. The largest absolute Gasteiger partial charge is 0.490 e. The van der Waals surface area contributed by atoms with Crippen LogP contribution in [0.2, 0.25) is 5.02 Å². The summed E-state index contributed by atoms with van der Waals surface area (Å²) in [4.78, 5) is 4.50. The highest BCUT2D eigenvalue weighted by molar-refractivity contribution is 6.32. The van der Waals surface area contributed by atoms with Crippen LogP contribution in [0.5, 0.6) is 5.75 Å². The van der Waals surface area contributed by atoms with Crippen molar-refractivity contribution in [2.45, 2.75) is 13.5 Å². The summed E-state index contributed by atoms with van der Waals surface area (Å²) in [7, 11) is 0. The lowest BCUT2D eigenvalue weighted by atomic mass is 10.3. The van der Waals surface area contributed by atoms with Crippen LogP contribution in [0.15, 0.2) is 42.5 Å². The number of benzene rings is 2. The normalized spacial score (nSPS) is 11.0. The third-order valence-corrected chi connectivity index (χ3v) is 3.61. The van der Waals surface area contributed by atoms with E-state index in [-0.39, 0.29) is 10.8 Å². The van der Waals surface area contributed by atoms with Crippen molar-refractivity contribution in [1.82, 2.24) is 9.55 Å². The van der Waals surface area contributed by atoms with Crippen molar-refractivity contribution >= 4 is 22.6 Å². The quantitative estimate of drug-likeness (QED) is 0.721. The van der Waals surface area contributed by atoms with Crippen LogP contribution in [0.4, 0.5) is 4.39 Å². The van der Waals surface area contributed by atoms with Crippen LogP contribution in [0, 0.1) is 12.7 Å².